The molecule has 0 fully saturated rings. The zero-order valence-corrected chi connectivity index (χ0v) is 7.21. The maximum atomic E-state index is 10.5. The Bertz CT molecular complexity index is 232. The average molecular weight is 161 g/mol. The van der Waals surface area contributed by atoms with E-state index in [1.54, 1.807) is 24.5 Å². The van der Waals surface area contributed by atoms with Crippen LogP contribution in [0, 0.1) is 0 Å². The summed E-state index contributed by atoms with van der Waals surface area (Å²) in [7, 11) is 0. The molecule has 4 heteroatoms. The molecule has 0 saturated carbocycles. The fourth-order valence-corrected chi connectivity index (χ4v) is 0.858. The van der Waals surface area contributed by atoms with Gasteiger partial charge in [0.1, 0.15) is 0 Å². The van der Waals surface area contributed by atoms with Crippen molar-refractivity contribution in [3.8, 4) is 0 Å². The molecule has 11 heavy (non-hydrogen) atoms. The standard InChI is InChI=1S/C7H7NOS.Li.H/c9-7(10)5-6-1-3-8-4-2-6;;/h1-4H,5H2,(H,9,10);;/q;+1;-1. The van der Waals surface area contributed by atoms with Gasteiger partial charge in [-0.3, -0.25) is 9.78 Å². The Morgan fingerprint density at radius 1 is 1.55 bits per heavy atom. The van der Waals surface area contributed by atoms with Gasteiger partial charge in [-0.1, -0.05) is 0 Å². The van der Waals surface area contributed by atoms with Crippen LogP contribution < -0.4 is 18.9 Å². The summed E-state index contributed by atoms with van der Waals surface area (Å²) in [4.78, 5) is 14.3. The predicted molar refractivity (Wildman–Crippen MR) is 43.0 cm³/mol. The number of hydrogen-bond donors (Lipinski definition) is 1. The average Bonchev–Trinajstić information content (AvgIpc) is 1.88. The first kappa shape index (κ1) is 10.8. The third-order valence-electron chi connectivity index (χ3n) is 1.10. The van der Waals surface area contributed by atoms with E-state index in [2.05, 4.69) is 17.6 Å². The van der Waals surface area contributed by atoms with Crippen LogP contribution >= 0.6 is 12.6 Å². The second-order valence-corrected chi connectivity index (χ2v) is 2.42. The molecule has 1 heterocycles. The Morgan fingerprint density at radius 3 is 2.55 bits per heavy atom. The molecule has 0 atom stereocenters. The zero-order valence-electron chi connectivity index (χ0n) is 7.32. The van der Waals surface area contributed by atoms with Crippen LogP contribution in [0.15, 0.2) is 24.5 Å². The summed E-state index contributed by atoms with van der Waals surface area (Å²) in [6.07, 6.45) is 3.70. The molecule has 1 rings (SSSR count). The van der Waals surface area contributed by atoms with E-state index in [9.17, 15) is 4.79 Å². The van der Waals surface area contributed by atoms with E-state index in [0.717, 1.165) is 5.56 Å². The summed E-state index contributed by atoms with van der Waals surface area (Å²) in [5.74, 6) is 0. The molecule has 0 spiro atoms. The summed E-state index contributed by atoms with van der Waals surface area (Å²) < 4.78 is 0. The van der Waals surface area contributed by atoms with Gasteiger partial charge in [0.15, 0.2) is 5.12 Å². The van der Waals surface area contributed by atoms with Crippen molar-refractivity contribution in [3.05, 3.63) is 30.1 Å². The van der Waals surface area contributed by atoms with Crippen molar-refractivity contribution in [1.82, 2.24) is 4.98 Å². The van der Waals surface area contributed by atoms with Gasteiger partial charge in [0, 0.05) is 18.8 Å². The van der Waals surface area contributed by atoms with Crippen LogP contribution in [0.2, 0.25) is 0 Å². The fourth-order valence-electron chi connectivity index (χ4n) is 0.675. The fraction of sp³-hybridized carbons (Fsp3) is 0.143. The molecule has 0 amide bonds. The molecule has 1 aromatic heterocycles. The quantitative estimate of drug-likeness (QED) is 0.409. The summed E-state index contributed by atoms with van der Waals surface area (Å²) in [6.45, 7) is 0. The monoisotopic (exact) mass is 161 g/mol. The molecule has 0 unspecified atom stereocenters. The number of nitrogens with zero attached hydrogens (tertiary/aromatic N) is 1. The Balaban J connectivity index is 0. The van der Waals surface area contributed by atoms with E-state index in [1.807, 2.05) is 0 Å². The Hall–Kier alpha value is -0.233. The van der Waals surface area contributed by atoms with Gasteiger partial charge < -0.3 is 1.43 Å². The predicted octanol–water partition coefficient (Wildman–Crippen LogP) is -1.80. The van der Waals surface area contributed by atoms with E-state index in [4.69, 9.17) is 0 Å². The van der Waals surface area contributed by atoms with E-state index < -0.39 is 0 Å². The van der Waals surface area contributed by atoms with Crippen molar-refractivity contribution in [2.24, 2.45) is 0 Å². The van der Waals surface area contributed by atoms with Crippen LogP contribution in [0.4, 0.5) is 0 Å². The van der Waals surface area contributed by atoms with Crippen LogP contribution in [0.1, 0.15) is 6.99 Å². The number of carbonyl (C=O) groups excluding carboxylic acids is 1. The molecule has 0 aliphatic carbocycles. The molecule has 0 N–H and O–H groups in total. The van der Waals surface area contributed by atoms with E-state index in [0.29, 0.717) is 6.42 Å². The van der Waals surface area contributed by atoms with Crippen molar-refractivity contribution < 1.29 is 25.1 Å². The number of pyridine rings is 1. The molecular formula is C7H8LiNOS. The molecule has 0 saturated heterocycles. The van der Waals surface area contributed by atoms with Crippen molar-refractivity contribution in [2.75, 3.05) is 0 Å². The first-order valence-corrected chi connectivity index (χ1v) is 3.34. The maximum Gasteiger partial charge on any atom is 1.00 e. The van der Waals surface area contributed by atoms with E-state index in [1.165, 1.54) is 0 Å². The topological polar surface area (TPSA) is 30.0 Å². The van der Waals surface area contributed by atoms with Gasteiger partial charge in [0.2, 0.25) is 0 Å². The molecule has 0 aliphatic heterocycles. The number of carbonyl (C=O) groups is 1. The minimum Gasteiger partial charge on any atom is -1.00 e. The molecule has 1 aromatic rings. The second-order valence-electron chi connectivity index (χ2n) is 1.93. The van der Waals surface area contributed by atoms with Gasteiger partial charge in [-0.25, -0.2) is 0 Å². The maximum absolute atomic E-state index is 10.5. The Kier molecular flexibility index (Phi) is 5.31. The number of rotatable bonds is 2. The Morgan fingerprint density at radius 2 is 2.09 bits per heavy atom. The molecule has 0 aromatic carbocycles. The minimum absolute atomic E-state index is 0. The van der Waals surface area contributed by atoms with Gasteiger partial charge in [0.25, 0.3) is 0 Å². The summed E-state index contributed by atoms with van der Waals surface area (Å²) >= 11 is 3.65. The van der Waals surface area contributed by atoms with Crippen molar-refractivity contribution in [1.29, 1.82) is 0 Å². The number of thiol groups is 1. The van der Waals surface area contributed by atoms with Crippen LogP contribution in [0.3, 0.4) is 0 Å². The SMILES string of the molecule is O=C(S)Cc1ccncc1.[H-].[Li+]. The second kappa shape index (κ2) is 5.42. The van der Waals surface area contributed by atoms with Crippen LogP contribution in [0.25, 0.3) is 0 Å². The van der Waals surface area contributed by atoms with Crippen molar-refractivity contribution in [2.45, 2.75) is 6.42 Å². The van der Waals surface area contributed by atoms with E-state index >= 15 is 0 Å². The van der Waals surface area contributed by atoms with Crippen molar-refractivity contribution >= 4 is 17.7 Å². The third-order valence-corrected chi connectivity index (χ3v) is 1.26. The first-order chi connectivity index (χ1) is 4.79. The zero-order chi connectivity index (χ0) is 7.40. The van der Waals surface area contributed by atoms with Crippen LogP contribution in [-0.4, -0.2) is 10.1 Å². The Labute approximate surface area is 84.5 Å². The third kappa shape index (κ3) is 4.26. The molecule has 0 bridgehead atoms. The van der Waals surface area contributed by atoms with Gasteiger partial charge in [-0.15, -0.1) is 12.6 Å². The van der Waals surface area contributed by atoms with Crippen molar-refractivity contribution in [3.63, 3.8) is 0 Å². The number of hydrogen-bond acceptors (Lipinski definition) is 2. The molecular weight excluding hydrogens is 153 g/mol. The van der Waals surface area contributed by atoms with Gasteiger partial charge in [-0.05, 0) is 17.7 Å². The van der Waals surface area contributed by atoms with E-state index in [-0.39, 0.29) is 25.4 Å². The normalized spacial score (nSPS) is 8.45. The van der Waals surface area contributed by atoms with Gasteiger partial charge in [-0.2, -0.15) is 0 Å². The summed E-state index contributed by atoms with van der Waals surface area (Å²) in [5.41, 5.74) is 0.954. The molecule has 0 aliphatic rings. The first-order valence-electron chi connectivity index (χ1n) is 2.90. The molecule has 0 radical (unpaired) electrons. The molecule has 2 nitrogen and oxygen atoms in total. The number of aromatic nitrogens is 1. The van der Waals surface area contributed by atoms with Gasteiger partial charge >= 0.3 is 18.9 Å². The van der Waals surface area contributed by atoms with Gasteiger partial charge in [0.05, 0.1) is 0 Å². The minimum atomic E-state index is -0.119. The largest absolute Gasteiger partial charge is 1.00 e. The summed E-state index contributed by atoms with van der Waals surface area (Å²) in [5, 5.41) is -0.119. The van der Waals surface area contributed by atoms with Crippen LogP contribution in [0.5, 0.6) is 0 Å². The van der Waals surface area contributed by atoms with Crippen LogP contribution in [-0.2, 0) is 11.2 Å². The molecule has 54 valence electrons. The summed E-state index contributed by atoms with van der Waals surface area (Å²) in [6, 6.07) is 3.60. The smallest absolute Gasteiger partial charge is 1.00 e.